The Hall–Kier alpha value is -0.840. The molecule has 0 saturated carbocycles. The Balaban J connectivity index is 2.99. The van der Waals surface area contributed by atoms with Gasteiger partial charge in [-0.05, 0) is 18.2 Å². The van der Waals surface area contributed by atoms with Crippen LogP contribution in [0.15, 0.2) is 28.0 Å². The van der Waals surface area contributed by atoms with Gasteiger partial charge in [-0.15, -0.1) is 4.33 Å². The van der Waals surface area contributed by atoms with Crippen LogP contribution in [0.4, 0.5) is 5.69 Å². The van der Waals surface area contributed by atoms with Crippen LogP contribution in [0.1, 0.15) is 0 Å². The van der Waals surface area contributed by atoms with Gasteiger partial charge in [-0.1, -0.05) is 5.04 Å². The molecule has 7 nitrogen and oxygen atoms in total. The van der Waals surface area contributed by atoms with Crippen molar-refractivity contribution in [3.8, 4) is 0 Å². The van der Waals surface area contributed by atoms with Crippen molar-refractivity contribution in [2.45, 2.75) is 9.79 Å². The molecule has 0 bridgehead atoms. The Labute approximate surface area is 89.6 Å². The summed E-state index contributed by atoms with van der Waals surface area (Å²) >= 11 is 0.593. The largest absolute Gasteiger partial charge is 0.398 e. The molecule has 0 aliphatic heterocycles. The van der Waals surface area contributed by atoms with Gasteiger partial charge in [0.15, 0.2) is 0 Å². The molecular formula is C6H7NO6S2. The van der Waals surface area contributed by atoms with E-state index in [4.69, 9.17) is 15.5 Å². The van der Waals surface area contributed by atoms with E-state index in [1.165, 1.54) is 6.07 Å². The van der Waals surface area contributed by atoms with E-state index < -0.39 is 10.1 Å². The van der Waals surface area contributed by atoms with Crippen LogP contribution in [0.25, 0.3) is 0 Å². The van der Waals surface area contributed by atoms with E-state index in [2.05, 4.69) is 9.37 Å². The molecule has 0 fully saturated rings. The van der Waals surface area contributed by atoms with Gasteiger partial charge in [0, 0.05) is 5.69 Å². The maximum atomic E-state index is 10.7. The zero-order valence-electron chi connectivity index (χ0n) is 7.15. The van der Waals surface area contributed by atoms with Crippen molar-refractivity contribution in [3.05, 3.63) is 18.2 Å². The summed E-state index contributed by atoms with van der Waals surface area (Å²) in [4.78, 5) is 0.00529. The molecule has 1 rings (SSSR count). The molecule has 1 aromatic rings. The van der Waals surface area contributed by atoms with E-state index in [1.807, 2.05) is 0 Å². The minimum Gasteiger partial charge on any atom is -0.398 e. The summed E-state index contributed by atoms with van der Waals surface area (Å²) < 4.78 is 34.2. The maximum absolute atomic E-state index is 10.7. The summed E-state index contributed by atoms with van der Waals surface area (Å²) in [5.41, 5.74) is 5.51. The van der Waals surface area contributed by atoms with Crippen molar-refractivity contribution in [1.29, 1.82) is 0 Å². The van der Waals surface area contributed by atoms with Crippen LogP contribution in [0, 0.1) is 0 Å². The normalized spacial score (nSPS) is 11.6. The van der Waals surface area contributed by atoms with Crippen molar-refractivity contribution in [1.82, 2.24) is 0 Å². The highest BCUT2D eigenvalue weighted by atomic mass is 32.2. The monoisotopic (exact) mass is 253 g/mol. The molecule has 0 spiro atoms. The highest BCUT2D eigenvalue weighted by molar-refractivity contribution is 7.94. The van der Waals surface area contributed by atoms with Gasteiger partial charge in [0.1, 0.15) is 0 Å². The highest BCUT2D eigenvalue weighted by Crippen LogP contribution is 2.27. The zero-order valence-corrected chi connectivity index (χ0v) is 8.79. The Morgan fingerprint density at radius 3 is 2.53 bits per heavy atom. The van der Waals surface area contributed by atoms with E-state index in [0.29, 0.717) is 16.9 Å². The second-order valence-electron chi connectivity index (χ2n) is 2.40. The Bertz CT molecular complexity index is 445. The lowest BCUT2D eigenvalue weighted by Crippen LogP contribution is -2.00. The lowest BCUT2D eigenvalue weighted by molar-refractivity contribution is -0.432. The average molecular weight is 253 g/mol. The molecule has 1 aromatic carbocycles. The molecule has 0 aromatic heterocycles. The van der Waals surface area contributed by atoms with Crippen LogP contribution in [0.5, 0.6) is 0 Å². The van der Waals surface area contributed by atoms with Crippen LogP contribution in [0.3, 0.4) is 0 Å². The van der Waals surface area contributed by atoms with Gasteiger partial charge >= 0.3 is 0 Å². The van der Waals surface area contributed by atoms with E-state index in [0.717, 1.165) is 12.1 Å². The number of rotatable bonds is 4. The van der Waals surface area contributed by atoms with Gasteiger partial charge < -0.3 is 5.73 Å². The molecule has 9 heteroatoms. The van der Waals surface area contributed by atoms with Crippen LogP contribution < -0.4 is 5.73 Å². The topological polar surface area (TPSA) is 119 Å². The third-order valence-corrected chi connectivity index (χ3v) is 2.96. The van der Waals surface area contributed by atoms with E-state index in [1.54, 1.807) is 0 Å². The molecule has 0 atom stereocenters. The van der Waals surface area contributed by atoms with E-state index in [9.17, 15) is 8.42 Å². The average Bonchev–Trinajstić information content (AvgIpc) is 2.14. The van der Waals surface area contributed by atoms with Crippen LogP contribution in [0.2, 0.25) is 0 Å². The maximum Gasteiger partial charge on any atom is 0.294 e. The molecule has 0 heterocycles. The fourth-order valence-electron chi connectivity index (χ4n) is 0.815. The van der Waals surface area contributed by atoms with Gasteiger partial charge in [-0.25, -0.2) is 5.26 Å². The first-order chi connectivity index (χ1) is 6.95. The molecule has 4 N–H and O–H groups in total. The van der Waals surface area contributed by atoms with E-state index in [-0.39, 0.29) is 10.6 Å². The fraction of sp³-hybridized carbons (Fsp3) is 0. The smallest absolute Gasteiger partial charge is 0.294 e. The summed E-state index contributed by atoms with van der Waals surface area (Å²) in [6.45, 7) is 0. The van der Waals surface area contributed by atoms with Gasteiger partial charge in [0.05, 0.1) is 21.8 Å². The van der Waals surface area contributed by atoms with Crippen molar-refractivity contribution in [3.63, 3.8) is 0 Å². The third kappa shape index (κ3) is 3.34. The van der Waals surface area contributed by atoms with Crippen molar-refractivity contribution >= 4 is 27.8 Å². The first-order valence-electron chi connectivity index (χ1n) is 3.47. The number of hydrogen-bond donors (Lipinski definition) is 3. The summed E-state index contributed by atoms with van der Waals surface area (Å²) in [5, 5.41) is 11.2. The van der Waals surface area contributed by atoms with Crippen LogP contribution in [-0.4, -0.2) is 18.2 Å². The third-order valence-electron chi connectivity index (χ3n) is 1.43. The van der Waals surface area contributed by atoms with Gasteiger partial charge in [-0.3, -0.25) is 4.55 Å². The predicted octanol–water partition coefficient (Wildman–Crippen LogP) is 0.944. The zero-order chi connectivity index (χ0) is 11.5. The van der Waals surface area contributed by atoms with Crippen molar-refractivity contribution in [2.75, 3.05) is 5.73 Å². The quantitative estimate of drug-likeness (QED) is 0.238. The van der Waals surface area contributed by atoms with Crippen LogP contribution >= 0.6 is 12.0 Å². The lowest BCUT2D eigenvalue weighted by Gasteiger charge is -2.03. The van der Waals surface area contributed by atoms with Crippen LogP contribution in [-0.2, 0) is 19.5 Å². The first-order valence-corrected chi connectivity index (χ1v) is 5.65. The molecule has 0 aliphatic rings. The minimum atomic E-state index is -4.27. The van der Waals surface area contributed by atoms with Crippen molar-refractivity contribution < 1.29 is 27.6 Å². The summed E-state index contributed by atoms with van der Waals surface area (Å²) in [5.74, 6) is 0. The van der Waals surface area contributed by atoms with E-state index >= 15 is 0 Å². The van der Waals surface area contributed by atoms with Gasteiger partial charge in [0.2, 0.25) is 0 Å². The summed E-state index contributed by atoms with van der Waals surface area (Å²) in [6, 6.07) is 3.48. The highest BCUT2D eigenvalue weighted by Gasteiger charge is 2.12. The minimum absolute atomic E-state index is 0.0622. The van der Waals surface area contributed by atoms with Gasteiger partial charge in [-0.2, -0.15) is 8.42 Å². The molecule has 0 unspecified atom stereocenters. The number of nitrogens with two attached hydrogens (primary N) is 1. The molecule has 0 amide bonds. The number of anilines is 1. The predicted molar refractivity (Wildman–Crippen MR) is 51.3 cm³/mol. The Morgan fingerprint density at radius 1 is 1.40 bits per heavy atom. The second kappa shape index (κ2) is 4.79. The molecular weight excluding hydrogens is 246 g/mol. The standard InChI is InChI=1S/C6H7NO6S2/c7-5-3-4(15(9,10)11)1-2-6(5)14-13-12-8/h1-3,8H,7H2,(H,9,10,11). The molecule has 84 valence electrons. The molecule has 15 heavy (non-hydrogen) atoms. The fourth-order valence-corrected chi connectivity index (χ4v) is 1.71. The Morgan fingerprint density at radius 2 is 2.07 bits per heavy atom. The summed E-state index contributed by atoms with van der Waals surface area (Å²) in [7, 11) is -4.27. The SMILES string of the molecule is Nc1cc(S(=O)(=O)O)ccc1SOOO. The second-order valence-corrected chi connectivity index (χ2v) is 4.56. The summed E-state index contributed by atoms with van der Waals surface area (Å²) in [6.07, 6.45) is 0. The molecule has 0 aliphatic carbocycles. The molecule has 0 saturated heterocycles. The van der Waals surface area contributed by atoms with Crippen molar-refractivity contribution in [2.24, 2.45) is 0 Å². The number of nitrogen functional groups attached to an aromatic ring is 1. The lowest BCUT2D eigenvalue weighted by atomic mass is 10.3. The Kier molecular flexibility index (Phi) is 3.90. The first kappa shape index (κ1) is 12.2. The molecule has 0 radical (unpaired) electrons. The number of hydrogen-bond acceptors (Lipinski definition) is 7. The number of benzene rings is 1. The van der Waals surface area contributed by atoms with Gasteiger partial charge in [0.25, 0.3) is 10.1 Å².